The van der Waals surface area contributed by atoms with Crippen molar-refractivity contribution < 1.29 is 5.11 Å². The number of hydrazone groups is 1. The van der Waals surface area contributed by atoms with Gasteiger partial charge in [-0.3, -0.25) is 0 Å². The van der Waals surface area contributed by atoms with Gasteiger partial charge >= 0.3 is 0 Å². The molecule has 1 aliphatic carbocycles. The van der Waals surface area contributed by atoms with Gasteiger partial charge in [0.15, 0.2) is 0 Å². The van der Waals surface area contributed by atoms with Crippen molar-refractivity contribution in [2.24, 2.45) is 5.10 Å². The number of H-pyrrole nitrogens is 1. The van der Waals surface area contributed by atoms with E-state index in [1.54, 1.807) is 6.07 Å². The number of para-hydroxylation sites is 1. The minimum absolute atomic E-state index is 0.0312. The molecule has 2 heterocycles. The predicted octanol–water partition coefficient (Wildman–Crippen LogP) is 4.19. The number of phenolic OH excluding ortho intramolecular Hbond substituents is 1. The van der Waals surface area contributed by atoms with Crippen molar-refractivity contribution >= 4 is 16.6 Å². The van der Waals surface area contributed by atoms with Crippen LogP contribution in [0, 0.1) is 0 Å². The van der Waals surface area contributed by atoms with E-state index < -0.39 is 0 Å². The molecule has 0 saturated carbocycles. The van der Waals surface area contributed by atoms with Gasteiger partial charge in [0, 0.05) is 28.6 Å². The maximum Gasteiger partial charge on any atom is 0.120 e. The van der Waals surface area contributed by atoms with Crippen LogP contribution in [0.25, 0.3) is 10.9 Å². The molecule has 0 amide bonds. The summed E-state index contributed by atoms with van der Waals surface area (Å²) < 4.78 is 0. The molecule has 3 aromatic rings. The average molecular weight is 331 g/mol. The van der Waals surface area contributed by atoms with Crippen molar-refractivity contribution in [2.75, 3.05) is 0 Å². The van der Waals surface area contributed by atoms with Gasteiger partial charge in [-0.05, 0) is 48.9 Å². The Bertz CT molecular complexity index is 986. The Kier molecular flexibility index (Phi) is 3.30. The molecule has 0 fully saturated rings. The summed E-state index contributed by atoms with van der Waals surface area (Å²) in [6, 6.07) is 14.1. The van der Waals surface area contributed by atoms with Gasteiger partial charge < -0.3 is 15.5 Å². The molecule has 2 aromatic carbocycles. The standard InChI is InChI=1S/C21H21N3O/c25-21-8-4-2-6-16(21)20-12-18(23-24-20)13-9-10-15-14-5-1-3-7-17(14)22-19(15)11-13/h2,4,6,8-11,20,22,24-25H,1,3,5,7,12H2. The van der Waals surface area contributed by atoms with Gasteiger partial charge in [0.2, 0.25) is 0 Å². The second-order valence-corrected chi connectivity index (χ2v) is 7.05. The van der Waals surface area contributed by atoms with Crippen LogP contribution >= 0.6 is 0 Å². The number of aryl methyl sites for hydroxylation is 2. The molecule has 4 nitrogen and oxygen atoms in total. The zero-order chi connectivity index (χ0) is 16.8. The summed E-state index contributed by atoms with van der Waals surface area (Å²) in [7, 11) is 0. The summed E-state index contributed by atoms with van der Waals surface area (Å²) in [6.07, 6.45) is 5.71. The number of nitrogens with zero attached hydrogens (tertiary/aromatic N) is 1. The van der Waals surface area contributed by atoms with E-state index in [1.807, 2.05) is 18.2 Å². The van der Waals surface area contributed by atoms with Gasteiger partial charge in [0.05, 0.1) is 11.8 Å². The topological polar surface area (TPSA) is 60.4 Å². The van der Waals surface area contributed by atoms with E-state index in [4.69, 9.17) is 0 Å². The summed E-state index contributed by atoms with van der Waals surface area (Å²) >= 11 is 0. The first-order valence-corrected chi connectivity index (χ1v) is 9.03. The monoisotopic (exact) mass is 331 g/mol. The van der Waals surface area contributed by atoms with Gasteiger partial charge in [-0.15, -0.1) is 0 Å². The van der Waals surface area contributed by atoms with Gasteiger partial charge in [-0.2, -0.15) is 5.10 Å². The maximum absolute atomic E-state index is 10.1. The minimum atomic E-state index is 0.0312. The van der Waals surface area contributed by atoms with E-state index in [2.05, 4.69) is 33.7 Å². The Morgan fingerprint density at radius 3 is 2.84 bits per heavy atom. The highest BCUT2D eigenvalue weighted by atomic mass is 16.3. The van der Waals surface area contributed by atoms with Crippen LogP contribution in [0.3, 0.4) is 0 Å². The van der Waals surface area contributed by atoms with Crippen LogP contribution in [0.4, 0.5) is 0 Å². The fraction of sp³-hybridized carbons (Fsp3) is 0.286. The Morgan fingerprint density at radius 1 is 1.04 bits per heavy atom. The molecule has 1 aliphatic heterocycles. The first-order valence-electron chi connectivity index (χ1n) is 9.03. The third-order valence-electron chi connectivity index (χ3n) is 5.50. The highest BCUT2D eigenvalue weighted by molar-refractivity contribution is 6.04. The zero-order valence-corrected chi connectivity index (χ0v) is 14.0. The summed E-state index contributed by atoms with van der Waals surface area (Å²) in [5.74, 6) is 0.323. The van der Waals surface area contributed by atoms with Gasteiger partial charge in [-0.25, -0.2) is 0 Å². The van der Waals surface area contributed by atoms with E-state index in [-0.39, 0.29) is 6.04 Å². The number of benzene rings is 2. The Morgan fingerprint density at radius 2 is 1.92 bits per heavy atom. The fourth-order valence-electron chi connectivity index (χ4n) is 4.18. The second-order valence-electron chi connectivity index (χ2n) is 7.05. The van der Waals surface area contributed by atoms with Crippen LogP contribution < -0.4 is 5.43 Å². The number of phenols is 1. The SMILES string of the molecule is Oc1ccccc1C1CC(c2ccc3c4c([nH]c3c2)CCCC4)=NN1. The molecular formula is C21H21N3O. The van der Waals surface area contributed by atoms with Gasteiger partial charge in [0.25, 0.3) is 0 Å². The number of aromatic amines is 1. The summed E-state index contributed by atoms with van der Waals surface area (Å²) in [4.78, 5) is 3.62. The first-order chi connectivity index (χ1) is 12.3. The summed E-state index contributed by atoms with van der Waals surface area (Å²) in [5.41, 5.74) is 10.4. The minimum Gasteiger partial charge on any atom is -0.508 e. The van der Waals surface area contributed by atoms with Crippen LogP contribution in [-0.2, 0) is 12.8 Å². The molecular weight excluding hydrogens is 310 g/mol. The number of aromatic nitrogens is 1. The second kappa shape index (κ2) is 5.66. The zero-order valence-electron chi connectivity index (χ0n) is 14.0. The molecule has 2 aliphatic rings. The lowest BCUT2D eigenvalue weighted by Crippen LogP contribution is -2.10. The Balaban J connectivity index is 1.45. The van der Waals surface area contributed by atoms with Crippen LogP contribution in [0.15, 0.2) is 47.6 Å². The van der Waals surface area contributed by atoms with Crippen molar-refractivity contribution in [1.29, 1.82) is 0 Å². The van der Waals surface area contributed by atoms with Crippen molar-refractivity contribution in [1.82, 2.24) is 10.4 Å². The number of nitrogens with one attached hydrogen (secondary N) is 2. The van der Waals surface area contributed by atoms with E-state index in [9.17, 15) is 5.11 Å². The highest BCUT2D eigenvalue weighted by Gasteiger charge is 2.24. The third-order valence-corrected chi connectivity index (χ3v) is 5.50. The molecule has 0 saturated heterocycles. The quantitative estimate of drug-likeness (QED) is 0.659. The average Bonchev–Trinajstić information content (AvgIpc) is 3.26. The molecule has 0 bridgehead atoms. The molecule has 25 heavy (non-hydrogen) atoms. The first kappa shape index (κ1) is 14.6. The van der Waals surface area contributed by atoms with Crippen molar-refractivity contribution in [3.8, 4) is 5.75 Å². The number of aromatic hydroxyl groups is 1. The molecule has 126 valence electrons. The van der Waals surface area contributed by atoms with Crippen LogP contribution in [-0.4, -0.2) is 15.8 Å². The fourth-order valence-corrected chi connectivity index (χ4v) is 4.18. The molecule has 4 heteroatoms. The van der Waals surface area contributed by atoms with E-state index >= 15 is 0 Å². The highest BCUT2D eigenvalue weighted by Crippen LogP contribution is 2.33. The van der Waals surface area contributed by atoms with Crippen LogP contribution in [0.1, 0.15) is 47.7 Å². The van der Waals surface area contributed by atoms with E-state index in [0.29, 0.717) is 5.75 Å². The largest absolute Gasteiger partial charge is 0.508 e. The lowest BCUT2D eigenvalue weighted by molar-refractivity contribution is 0.455. The van der Waals surface area contributed by atoms with E-state index in [0.717, 1.165) is 29.7 Å². The van der Waals surface area contributed by atoms with Crippen LogP contribution in [0.5, 0.6) is 5.75 Å². The van der Waals surface area contributed by atoms with E-state index in [1.165, 1.54) is 41.4 Å². The summed E-state index contributed by atoms with van der Waals surface area (Å²) in [5, 5.41) is 16.0. The molecule has 1 unspecified atom stereocenters. The van der Waals surface area contributed by atoms with Crippen LogP contribution in [0.2, 0.25) is 0 Å². The molecule has 5 rings (SSSR count). The normalized spacial score (nSPS) is 19.5. The van der Waals surface area contributed by atoms with Crippen molar-refractivity contribution in [3.63, 3.8) is 0 Å². The lowest BCUT2D eigenvalue weighted by atomic mass is 9.94. The van der Waals surface area contributed by atoms with Gasteiger partial charge in [-0.1, -0.05) is 30.3 Å². The number of hydrogen-bond acceptors (Lipinski definition) is 3. The van der Waals surface area contributed by atoms with Crippen molar-refractivity contribution in [2.45, 2.75) is 38.1 Å². The Labute approximate surface area is 146 Å². The molecule has 3 N–H and O–H groups in total. The number of fused-ring (bicyclic) bond motifs is 3. The number of hydrogen-bond donors (Lipinski definition) is 3. The Hall–Kier alpha value is -2.75. The van der Waals surface area contributed by atoms with Crippen molar-refractivity contribution in [3.05, 3.63) is 64.8 Å². The lowest BCUT2D eigenvalue weighted by Gasteiger charge is -2.11. The van der Waals surface area contributed by atoms with Gasteiger partial charge in [0.1, 0.15) is 5.75 Å². The predicted molar refractivity (Wildman–Crippen MR) is 100 cm³/mol. The number of rotatable bonds is 2. The third kappa shape index (κ3) is 2.40. The molecule has 1 aromatic heterocycles. The molecule has 0 radical (unpaired) electrons. The smallest absolute Gasteiger partial charge is 0.120 e. The summed E-state index contributed by atoms with van der Waals surface area (Å²) in [6.45, 7) is 0. The molecule has 0 spiro atoms. The molecule has 1 atom stereocenters. The maximum atomic E-state index is 10.1.